The maximum absolute atomic E-state index is 14.2. The van der Waals surface area contributed by atoms with Gasteiger partial charge in [-0.2, -0.15) is 0 Å². The second kappa shape index (κ2) is 11.5. The zero-order valence-electron chi connectivity index (χ0n) is 22.6. The van der Waals surface area contributed by atoms with Crippen molar-refractivity contribution in [2.45, 2.75) is 38.1 Å². The number of hydrogen-bond donors (Lipinski definition) is 1. The van der Waals surface area contributed by atoms with Gasteiger partial charge in [-0.05, 0) is 54.8 Å². The van der Waals surface area contributed by atoms with E-state index in [9.17, 15) is 14.0 Å². The first-order chi connectivity index (χ1) is 20.0. The number of aromatic nitrogens is 5. The number of rotatable bonds is 9. The highest BCUT2D eigenvalue weighted by atomic mass is 19.1. The number of hydrogen-bond acceptors (Lipinski definition) is 6. The Hall–Kier alpha value is -4.64. The molecular formula is C30H30FN7O3. The lowest BCUT2D eigenvalue weighted by Gasteiger charge is -2.31. The minimum atomic E-state index is -1.08. The van der Waals surface area contributed by atoms with Crippen molar-refractivity contribution in [1.82, 2.24) is 34.8 Å². The van der Waals surface area contributed by atoms with Crippen LogP contribution in [0.15, 0.2) is 72.8 Å². The van der Waals surface area contributed by atoms with Crippen LogP contribution in [0.1, 0.15) is 30.3 Å². The van der Waals surface area contributed by atoms with E-state index < -0.39 is 6.04 Å². The van der Waals surface area contributed by atoms with Crippen LogP contribution >= 0.6 is 0 Å². The molecule has 6 rings (SSSR count). The first-order valence-corrected chi connectivity index (χ1v) is 13.6. The summed E-state index contributed by atoms with van der Waals surface area (Å²) in [4.78, 5) is 34.5. The smallest absolute Gasteiger partial charge is 0.250 e. The number of nitrogens with one attached hydrogen (secondary N) is 1. The number of carbonyl (C=O) groups excluding carboxylic acids is 2. The fraction of sp³-hybridized carbons (Fsp3) is 0.300. The van der Waals surface area contributed by atoms with Gasteiger partial charge in [-0.25, -0.2) is 14.1 Å². The van der Waals surface area contributed by atoms with Crippen LogP contribution in [0.25, 0.3) is 22.1 Å². The van der Waals surface area contributed by atoms with Gasteiger partial charge in [-0.3, -0.25) is 9.59 Å². The molecule has 210 valence electrons. The molecule has 41 heavy (non-hydrogen) atoms. The summed E-state index contributed by atoms with van der Waals surface area (Å²) in [6, 6.07) is 19.7. The SMILES string of the molecule is Cn1c([C@H](C(=O)NC[C@@H]2CCCO2)N(Cc2ccc(F)cc2)C(=O)Cn2nnc3ccccc32)nc2ccccc21. The second-order valence-corrected chi connectivity index (χ2v) is 10.2. The van der Waals surface area contributed by atoms with Crippen molar-refractivity contribution in [2.24, 2.45) is 7.05 Å². The molecule has 0 spiro atoms. The molecule has 2 atom stereocenters. The summed E-state index contributed by atoms with van der Waals surface area (Å²) in [5.41, 5.74) is 3.56. The van der Waals surface area contributed by atoms with Crippen LogP contribution in [0.2, 0.25) is 0 Å². The average Bonchev–Trinajstić information content (AvgIpc) is 3.73. The Morgan fingerprint density at radius 1 is 1.05 bits per heavy atom. The molecular weight excluding hydrogens is 525 g/mol. The molecule has 10 nitrogen and oxygen atoms in total. The summed E-state index contributed by atoms with van der Waals surface area (Å²) < 4.78 is 22.8. The number of fused-ring (bicyclic) bond motifs is 2. The first-order valence-electron chi connectivity index (χ1n) is 13.6. The van der Waals surface area contributed by atoms with Crippen molar-refractivity contribution < 1.29 is 18.7 Å². The molecule has 3 aromatic carbocycles. The largest absolute Gasteiger partial charge is 0.376 e. The molecule has 11 heteroatoms. The van der Waals surface area contributed by atoms with Crippen molar-refractivity contribution in [2.75, 3.05) is 13.2 Å². The van der Waals surface area contributed by atoms with Crippen LogP contribution in [0, 0.1) is 5.82 Å². The number of amides is 2. The van der Waals surface area contributed by atoms with Gasteiger partial charge in [0.25, 0.3) is 5.91 Å². The molecule has 1 N–H and O–H groups in total. The molecule has 2 aromatic heterocycles. The number of nitrogens with zero attached hydrogens (tertiary/aromatic N) is 6. The predicted octanol–water partition coefficient (Wildman–Crippen LogP) is 3.52. The average molecular weight is 556 g/mol. The molecule has 1 saturated heterocycles. The quantitative estimate of drug-likeness (QED) is 0.298. The van der Waals surface area contributed by atoms with Gasteiger partial charge < -0.3 is 19.5 Å². The van der Waals surface area contributed by atoms with Crippen molar-refractivity contribution in [3.63, 3.8) is 0 Å². The molecule has 5 aromatic rings. The standard InChI is InChI=1S/C30H30FN7O3/c1-36-25-10-4-2-8-23(25)33-29(36)28(30(40)32-17-22-7-6-16-41-22)37(18-20-12-14-21(31)15-13-20)27(39)19-38-26-11-5-3-9-24(26)34-35-38/h2-5,8-15,22,28H,6-7,16-19H2,1H3,(H,32,40)/t22-,28+/m0/s1. The summed E-state index contributed by atoms with van der Waals surface area (Å²) in [6.45, 7) is 0.884. The summed E-state index contributed by atoms with van der Waals surface area (Å²) in [7, 11) is 1.83. The molecule has 0 bridgehead atoms. The van der Waals surface area contributed by atoms with Crippen LogP contribution < -0.4 is 5.32 Å². The minimum absolute atomic E-state index is 0.0486. The Balaban J connectivity index is 1.41. The Morgan fingerprint density at radius 2 is 1.78 bits per heavy atom. The third-order valence-corrected chi connectivity index (χ3v) is 7.45. The van der Waals surface area contributed by atoms with E-state index in [0.29, 0.717) is 41.1 Å². The van der Waals surface area contributed by atoms with Crippen LogP contribution in [0.5, 0.6) is 0 Å². The molecule has 1 aliphatic rings. The Kier molecular flexibility index (Phi) is 7.43. The lowest BCUT2D eigenvalue weighted by atomic mass is 10.1. The van der Waals surface area contributed by atoms with Crippen molar-refractivity contribution in [3.05, 3.63) is 90.0 Å². The molecule has 0 aliphatic carbocycles. The number of aryl methyl sites for hydroxylation is 1. The highest BCUT2D eigenvalue weighted by molar-refractivity contribution is 5.90. The molecule has 0 unspecified atom stereocenters. The molecule has 0 radical (unpaired) electrons. The fourth-order valence-corrected chi connectivity index (χ4v) is 5.29. The number of halogens is 1. The topological polar surface area (TPSA) is 107 Å². The second-order valence-electron chi connectivity index (χ2n) is 10.2. The number of ether oxygens (including phenoxy) is 1. The maximum Gasteiger partial charge on any atom is 0.250 e. The normalized spacial score (nSPS) is 15.8. The van der Waals surface area contributed by atoms with Gasteiger partial charge in [-0.15, -0.1) is 5.10 Å². The summed E-state index contributed by atoms with van der Waals surface area (Å²) in [6.07, 6.45) is 1.72. The lowest BCUT2D eigenvalue weighted by Crippen LogP contribution is -2.47. The van der Waals surface area contributed by atoms with Gasteiger partial charge in [0, 0.05) is 26.7 Å². The highest BCUT2D eigenvalue weighted by Gasteiger charge is 2.36. The van der Waals surface area contributed by atoms with E-state index in [4.69, 9.17) is 9.72 Å². The zero-order chi connectivity index (χ0) is 28.3. The summed E-state index contributed by atoms with van der Waals surface area (Å²) >= 11 is 0. The van der Waals surface area contributed by atoms with Gasteiger partial charge >= 0.3 is 0 Å². The molecule has 2 amide bonds. The number of carbonyl (C=O) groups is 2. The van der Waals surface area contributed by atoms with Crippen LogP contribution in [-0.2, 0) is 34.5 Å². The van der Waals surface area contributed by atoms with Gasteiger partial charge in [0.15, 0.2) is 6.04 Å². The van der Waals surface area contributed by atoms with Crippen LogP contribution in [0.3, 0.4) is 0 Å². The third kappa shape index (κ3) is 5.53. The fourth-order valence-electron chi connectivity index (χ4n) is 5.29. The van der Waals surface area contributed by atoms with E-state index >= 15 is 0 Å². The van der Waals surface area contributed by atoms with E-state index in [1.165, 1.54) is 21.7 Å². The molecule has 0 saturated carbocycles. The third-order valence-electron chi connectivity index (χ3n) is 7.45. The van der Waals surface area contributed by atoms with Gasteiger partial charge in [0.2, 0.25) is 5.91 Å². The molecule has 3 heterocycles. The van der Waals surface area contributed by atoms with Crippen molar-refractivity contribution >= 4 is 33.9 Å². The lowest BCUT2D eigenvalue weighted by molar-refractivity contribution is -0.142. The zero-order valence-corrected chi connectivity index (χ0v) is 22.6. The van der Waals surface area contributed by atoms with Crippen LogP contribution in [-0.4, -0.2) is 60.5 Å². The summed E-state index contributed by atoms with van der Waals surface area (Å²) in [5.74, 6) is -0.719. The van der Waals surface area contributed by atoms with Gasteiger partial charge in [0.05, 0.1) is 22.7 Å². The minimum Gasteiger partial charge on any atom is -0.376 e. The molecule has 1 aliphatic heterocycles. The van der Waals surface area contributed by atoms with E-state index in [1.54, 1.807) is 12.1 Å². The Morgan fingerprint density at radius 3 is 2.51 bits per heavy atom. The Labute approximate surface area is 235 Å². The predicted molar refractivity (Wildman–Crippen MR) is 150 cm³/mol. The van der Waals surface area contributed by atoms with E-state index in [1.807, 2.05) is 60.1 Å². The van der Waals surface area contributed by atoms with Crippen LogP contribution in [0.4, 0.5) is 4.39 Å². The van der Waals surface area contributed by atoms with Gasteiger partial charge in [-0.1, -0.05) is 41.6 Å². The van der Waals surface area contributed by atoms with E-state index in [-0.39, 0.29) is 36.8 Å². The number of imidazole rings is 1. The monoisotopic (exact) mass is 555 g/mol. The van der Waals surface area contributed by atoms with Gasteiger partial charge in [0.1, 0.15) is 23.7 Å². The first kappa shape index (κ1) is 26.6. The van der Waals surface area contributed by atoms with Crippen molar-refractivity contribution in [3.8, 4) is 0 Å². The Bertz CT molecular complexity index is 1690. The van der Waals surface area contributed by atoms with Crippen molar-refractivity contribution in [1.29, 1.82) is 0 Å². The van der Waals surface area contributed by atoms with E-state index in [0.717, 1.165) is 18.4 Å². The molecule has 1 fully saturated rings. The number of benzene rings is 3. The van der Waals surface area contributed by atoms with E-state index in [2.05, 4.69) is 15.6 Å². The number of para-hydroxylation sites is 3. The summed E-state index contributed by atoms with van der Waals surface area (Å²) in [5, 5.41) is 11.4. The highest BCUT2D eigenvalue weighted by Crippen LogP contribution is 2.27. The maximum atomic E-state index is 14.2.